The summed E-state index contributed by atoms with van der Waals surface area (Å²) in [6.07, 6.45) is 1.32. The number of allylic oxidation sites excluding steroid dienone is 1. The highest BCUT2D eigenvalue weighted by Gasteiger charge is 2.08. The van der Waals surface area contributed by atoms with Crippen LogP contribution >= 0.6 is 15.9 Å². The zero-order valence-electron chi connectivity index (χ0n) is 4.59. The predicted molar refractivity (Wildman–Crippen MR) is 33.9 cm³/mol. The van der Waals surface area contributed by atoms with Crippen molar-refractivity contribution in [2.45, 2.75) is 0 Å². The van der Waals surface area contributed by atoms with E-state index in [1.54, 1.807) is 0 Å². The molecule has 1 aliphatic rings. The van der Waals surface area contributed by atoms with Crippen LogP contribution in [0.15, 0.2) is 11.8 Å². The van der Waals surface area contributed by atoms with Crippen LogP contribution in [0.4, 0.5) is 0 Å². The summed E-state index contributed by atoms with van der Waals surface area (Å²) >= 11 is 3.14. The zero-order chi connectivity index (χ0) is 6.69. The van der Waals surface area contributed by atoms with Crippen LogP contribution < -0.4 is 0 Å². The molecule has 1 rings (SSSR count). The van der Waals surface area contributed by atoms with Gasteiger partial charge in [-0.3, -0.25) is 0 Å². The van der Waals surface area contributed by atoms with Crippen LogP contribution in [0.3, 0.4) is 0 Å². The molecule has 0 saturated carbocycles. The number of cyclic esters (lactones) is 1. The molecule has 50 valence electrons. The van der Waals surface area contributed by atoms with E-state index in [-0.39, 0.29) is 12.8 Å². The zero-order valence-corrected chi connectivity index (χ0v) is 6.18. The van der Waals surface area contributed by atoms with Crippen LogP contribution in [0.25, 0.3) is 0 Å². The first kappa shape index (κ1) is 6.61. The maximum Gasteiger partial charge on any atom is 0.337 e. The third-order valence-corrected chi connectivity index (χ3v) is 1.41. The van der Waals surface area contributed by atoms with Gasteiger partial charge in [-0.1, -0.05) is 15.9 Å². The molecular formula is C5H5BrO3. The molecule has 0 bridgehead atoms. The number of alkyl halides is 1. The Morgan fingerprint density at radius 3 is 2.89 bits per heavy atom. The highest BCUT2D eigenvalue weighted by atomic mass is 79.9. The Kier molecular flexibility index (Phi) is 2.10. The van der Waals surface area contributed by atoms with Crippen molar-refractivity contribution in [1.29, 1.82) is 0 Å². The summed E-state index contributed by atoms with van der Waals surface area (Å²) in [5.41, 5.74) is 0. The van der Waals surface area contributed by atoms with E-state index in [2.05, 4.69) is 20.7 Å². The molecule has 0 aromatic carbocycles. The van der Waals surface area contributed by atoms with Crippen molar-refractivity contribution in [2.75, 3.05) is 12.1 Å². The van der Waals surface area contributed by atoms with Gasteiger partial charge in [0.25, 0.3) is 0 Å². The molecule has 0 saturated heterocycles. The summed E-state index contributed by atoms with van der Waals surface area (Å²) in [5, 5.41) is 0.558. The van der Waals surface area contributed by atoms with Gasteiger partial charge in [0.1, 0.15) is 5.76 Å². The van der Waals surface area contributed by atoms with Crippen molar-refractivity contribution < 1.29 is 14.3 Å². The Labute approximate surface area is 60.8 Å². The van der Waals surface area contributed by atoms with Crippen molar-refractivity contribution in [1.82, 2.24) is 0 Å². The average molecular weight is 193 g/mol. The Balaban J connectivity index is 2.59. The second-order valence-electron chi connectivity index (χ2n) is 1.47. The Morgan fingerprint density at radius 1 is 1.67 bits per heavy atom. The average Bonchev–Trinajstić information content (AvgIpc) is 1.88. The van der Waals surface area contributed by atoms with Gasteiger partial charge in [-0.25, -0.2) is 4.79 Å². The van der Waals surface area contributed by atoms with Gasteiger partial charge >= 0.3 is 5.97 Å². The molecule has 0 spiro atoms. The smallest absolute Gasteiger partial charge is 0.337 e. The Morgan fingerprint density at radius 2 is 2.44 bits per heavy atom. The minimum atomic E-state index is -0.337. The number of carbonyl (C=O) groups is 1. The van der Waals surface area contributed by atoms with Gasteiger partial charge in [-0.05, 0) is 0 Å². The fourth-order valence-electron chi connectivity index (χ4n) is 0.455. The number of carbonyl (C=O) groups excluding carboxylic acids is 1. The third kappa shape index (κ3) is 1.71. The topological polar surface area (TPSA) is 35.5 Å². The molecule has 1 aliphatic heterocycles. The number of rotatable bonds is 1. The van der Waals surface area contributed by atoms with Crippen LogP contribution in [-0.2, 0) is 14.3 Å². The van der Waals surface area contributed by atoms with Gasteiger partial charge in [0.15, 0.2) is 0 Å². The lowest BCUT2D eigenvalue weighted by Gasteiger charge is -2.11. The first-order chi connectivity index (χ1) is 4.33. The molecule has 4 heteroatoms. The lowest BCUT2D eigenvalue weighted by Crippen LogP contribution is -2.13. The summed E-state index contributed by atoms with van der Waals surface area (Å²) in [6, 6.07) is 0. The molecule has 0 aromatic heterocycles. The highest BCUT2D eigenvalue weighted by molar-refractivity contribution is 9.09. The van der Waals surface area contributed by atoms with E-state index >= 15 is 0 Å². The SMILES string of the molecule is O=C1C=C(CBr)OCO1. The van der Waals surface area contributed by atoms with E-state index < -0.39 is 0 Å². The third-order valence-electron chi connectivity index (χ3n) is 0.856. The second-order valence-corrected chi connectivity index (χ2v) is 2.03. The molecule has 3 nitrogen and oxygen atoms in total. The molecule has 0 aromatic rings. The summed E-state index contributed by atoms with van der Waals surface area (Å²) in [6.45, 7) is 0.0380. The molecule has 0 radical (unpaired) electrons. The summed E-state index contributed by atoms with van der Waals surface area (Å²) in [5.74, 6) is 0.280. The van der Waals surface area contributed by atoms with E-state index in [9.17, 15) is 4.79 Å². The highest BCUT2D eigenvalue weighted by Crippen LogP contribution is 2.06. The van der Waals surface area contributed by atoms with E-state index in [0.29, 0.717) is 11.1 Å². The fourth-order valence-corrected chi connectivity index (χ4v) is 0.779. The monoisotopic (exact) mass is 192 g/mol. The summed E-state index contributed by atoms with van der Waals surface area (Å²) in [7, 11) is 0. The molecule has 0 atom stereocenters. The molecule has 0 aliphatic carbocycles. The van der Waals surface area contributed by atoms with Gasteiger partial charge in [-0.15, -0.1) is 0 Å². The van der Waals surface area contributed by atoms with Crippen LogP contribution in [0, 0.1) is 0 Å². The van der Waals surface area contributed by atoms with E-state index in [4.69, 9.17) is 4.74 Å². The van der Waals surface area contributed by atoms with E-state index in [1.807, 2.05) is 0 Å². The molecular weight excluding hydrogens is 188 g/mol. The van der Waals surface area contributed by atoms with Crippen molar-refractivity contribution in [2.24, 2.45) is 0 Å². The quantitative estimate of drug-likeness (QED) is 0.456. The normalized spacial score (nSPS) is 17.9. The molecule has 1 heterocycles. The largest absolute Gasteiger partial charge is 0.461 e. The number of esters is 1. The van der Waals surface area contributed by atoms with Crippen LogP contribution in [-0.4, -0.2) is 18.1 Å². The number of hydrogen-bond donors (Lipinski definition) is 0. The summed E-state index contributed by atoms with van der Waals surface area (Å²) < 4.78 is 9.32. The number of halogens is 1. The number of ether oxygens (including phenoxy) is 2. The van der Waals surface area contributed by atoms with Gasteiger partial charge in [0.2, 0.25) is 6.79 Å². The molecule has 0 amide bonds. The van der Waals surface area contributed by atoms with Crippen molar-refractivity contribution in [3.63, 3.8) is 0 Å². The van der Waals surface area contributed by atoms with Crippen LogP contribution in [0.2, 0.25) is 0 Å². The molecule has 9 heavy (non-hydrogen) atoms. The van der Waals surface area contributed by atoms with Crippen LogP contribution in [0.5, 0.6) is 0 Å². The van der Waals surface area contributed by atoms with Crippen LogP contribution in [0.1, 0.15) is 0 Å². The second kappa shape index (κ2) is 2.87. The first-order valence-electron chi connectivity index (χ1n) is 2.39. The van der Waals surface area contributed by atoms with Crippen molar-refractivity contribution in [3.05, 3.63) is 11.8 Å². The predicted octanol–water partition coefficient (Wildman–Crippen LogP) is 0.796. The summed E-state index contributed by atoms with van der Waals surface area (Å²) in [4.78, 5) is 10.4. The molecule has 0 unspecified atom stereocenters. The molecule has 0 fully saturated rings. The standard InChI is InChI=1S/C5H5BrO3/c6-2-4-1-5(7)9-3-8-4/h1H,2-3H2. The lowest BCUT2D eigenvalue weighted by molar-refractivity contribution is -0.151. The maximum absolute atomic E-state index is 10.4. The lowest BCUT2D eigenvalue weighted by atomic mass is 10.5. The van der Waals surface area contributed by atoms with Gasteiger partial charge in [-0.2, -0.15) is 0 Å². The Hall–Kier alpha value is -0.510. The van der Waals surface area contributed by atoms with E-state index in [1.165, 1.54) is 6.08 Å². The number of hydrogen-bond acceptors (Lipinski definition) is 3. The van der Waals surface area contributed by atoms with Crippen molar-refractivity contribution >= 4 is 21.9 Å². The first-order valence-corrected chi connectivity index (χ1v) is 3.51. The Bertz CT molecular complexity index is 152. The van der Waals surface area contributed by atoms with Crippen molar-refractivity contribution in [3.8, 4) is 0 Å². The molecule has 0 N–H and O–H groups in total. The fraction of sp³-hybridized carbons (Fsp3) is 0.400. The van der Waals surface area contributed by atoms with Gasteiger partial charge in [0.05, 0.1) is 11.4 Å². The maximum atomic E-state index is 10.4. The minimum Gasteiger partial charge on any atom is -0.461 e. The van der Waals surface area contributed by atoms with E-state index in [0.717, 1.165) is 0 Å². The van der Waals surface area contributed by atoms with Gasteiger partial charge in [0, 0.05) is 0 Å². The minimum absolute atomic E-state index is 0.0380. The van der Waals surface area contributed by atoms with Gasteiger partial charge < -0.3 is 9.47 Å².